The number of furan rings is 1. The number of hydrogen-bond donors (Lipinski definition) is 1. The van der Waals surface area contributed by atoms with E-state index in [1.54, 1.807) is 12.4 Å². The SMILES string of the molecule is Nc1nc(-c2cccnc2)c(Cc2ccccc2)c(-c2cc3ccccc3o2)n1. The third kappa shape index (κ3) is 3.34. The Morgan fingerprint density at radius 1 is 0.828 bits per heavy atom. The second-order valence-corrected chi connectivity index (χ2v) is 6.81. The van der Waals surface area contributed by atoms with Crippen LogP contribution in [0.3, 0.4) is 0 Å². The average Bonchev–Trinajstić information content (AvgIpc) is 3.20. The zero-order valence-electron chi connectivity index (χ0n) is 15.6. The van der Waals surface area contributed by atoms with Crippen molar-refractivity contribution in [3.63, 3.8) is 0 Å². The summed E-state index contributed by atoms with van der Waals surface area (Å²) in [6, 6.07) is 24.0. The van der Waals surface area contributed by atoms with Gasteiger partial charge in [-0.15, -0.1) is 0 Å². The van der Waals surface area contributed by atoms with Crippen molar-refractivity contribution in [2.75, 3.05) is 5.73 Å². The topological polar surface area (TPSA) is 77.8 Å². The summed E-state index contributed by atoms with van der Waals surface area (Å²) in [7, 11) is 0. The number of para-hydroxylation sites is 1. The monoisotopic (exact) mass is 378 g/mol. The van der Waals surface area contributed by atoms with Gasteiger partial charge in [0.1, 0.15) is 11.3 Å². The number of anilines is 1. The Bertz CT molecular complexity index is 1250. The van der Waals surface area contributed by atoms with Gasteiger partial charge in [-0.25, -0.2) is 9.97 Å². The number of nitrogens with zero attached hydrogens (tertiary/aromatic N) is 3. The van der Waals surface area contributed by atoms with E-state index in [-0.39, 0.29) is 5.95 Å². The number of benzene rings is 2. The Hall–Kier alpha value is -3.99. The lowest BCUT2D eigenvalue weighted by Crippen LogP contribution is -2.05. The van der Waals surface area contributed by atoms with Crippen LogP contribution in [-0.4, -0.2) is 15.0 Å². The highest BCUT2D eigenvalue weighted by Crippen LogP contribution is 2.34. The third-order valence-electron chi connectivity index (χ3n) is 4.84. The van der Waals surface area contributed by atoms with E-state index >= 15 is 0 Å². The first-order chi connectivity index (χ1) is 14.3. The number of nitrogens with two attached hydrogens (primary N) is 1. The summed E-state index contributed by atoms with van der Waals surface area (Å²) < 4.78 is 6.12. The molecule has 0 radical (unpaired) electrons. The van der Waals surface area contributed by atoms with Crippen LogP contribution in [0.1, 0.15) is 11.1 Å². The van der Waals surface area contributed by atoms with E-state index in [4.69, 9.17) is 10.2 Å². The Morgan fingerprint density at radius 2 is 1.62 bits per heavy atom. The molecular weight excluding hydrogens is 360 g/mol. The predicted molar refractivity (Wildman–Crippen MR) is 114 cm³/mol. The van der Waals surface area contributed by atoms with Gasteiger partial charge in [0, 0.05) is 35.3 Å². The van der Waals surface area contributed by atoms with Gasteiger partial charge < -0.3 is 10.2 Å². The summed E-state index contributed by atoms with van der Waals surface area (Å²) in [5.74, 6) is 0.882. The Balaban J connectivity index is 1.75. The predicted octanol–water partition coefficient (Wildman–Crippen LogP) is 5.12. The van der Waals surface area contributed by atoms with Crippen molar-refractivity contribution in [3.05, 3.63) is 96.3 Å². The van der Waals surface area contributed by atoms with Gasteiger partial charge in [-0.1, -0.05) is 48.5 Å². The normalized spacial score (nSPS) is 11.0. The van der Waals surface area contributed by atoms with E-state index in [2.05, 4.69) is 27.1 Å². The highest BCUT2D eigenvalue weighted by Gasteiger charge is 2.20. The van der Waals surface area contributed by atoms with Crippen molar-refractivity contribution >= 4 is 16.9 Å². The fraction of sp³-hybridized carbons (Fsp3) is 0.0417. The molecule has 0 bridgehead atoms. The lowest BCUT2D eigenvalue weighted by atomic mass is 9.97. The van der Waals surface area contributed by atoms with E-state index in [1.807, 2.05) is 60.7 Å². The number of rotatable bonds is 4. The molecule has 0 aliphatic carbocycles. The number of pyridine rings is 1. The molecule has 0 amide bonds. The first-order valence-corrected chi connectivity index (χ1v) is 9.37. The minimum absolute atomic E-state index is 0.205. The van der Waals surface area contributed by atoms with Crippen LogP contribution in [0.4, 0.5) is 5.95 Å². The Kier molecular flexibility index (Phi) is 4.26. The average molecular weight is 378 g/mol. The van der Waals surface area contributed by atoms with Crippen molar-refractivity contribution in [1.29, 1.82) is 0 Å². The molecule has 5 heteroatoms. The summed E-state index contributed by atoms with van der Waals surface area (Å²) >= 11 is 0. The standard InChI is InChI=1S/C24H18N4O/c25-24-27-22(18-10-6-12-26-15-18)19(13-16-7-2-1-3-8-16)23(28-24)21-14-17-9-4-5-11-20(17)29-21/h1-12,14-15H,13H2,(H2,25,27,28). The van der Waals surface area contributed by atoms with Gasteiger partial charge in [0.15, 0.2) is 5.76 Å². The minimum atomic E-state index is 0.205. The molecule has 0 aliphatic rings. The van der Waals surface area contributed by atoms with Gasteiger partial charge in [0.05, 0.1) is 5.69 Å². The Labute approximate surface area is 167 Å². The molecule has 2 N–H and O–H groups in total. The highest BCUT2D eigenvalue weighted by atomic mass is 16.3. The molecule has 0 spiro atoms. The largest absolute Gasteiger partial charge is 0.454 e. The number of aromatic nitrogens is 3. The van der Waals surface area contributed by atoms with Crippen molar-refractivity contribution in [2.45, 2.75) is 6.42 Å². The van der Waals surface area contributed by atoms with E-state index < -0.39 is 0 Å². The van der Waals surface area contributed by atoms with Gasteiger partial charge in [-0.3, -0.25) is 4.98 Å². The summed E-state index contributed by atoms with van der Waals surface area (Å²) in [5, 5.41) is 1.02. The Morgan fingerprint density at radius 3 is 2.41 bits per heavy atom. The molecule has 29 heavy (non-hydrogen) atoms. The number of hydrogen-bond acceptors (Lipinski definition) is 5. The molecule has 3 aromatic heterocycles. The smallest absolute Gasteiger partial charge is 0.221 e. The maximum absolute atomic E-state index is 6.12. The van der Waals surface area contributed by atoms with Crippen LogP contribution in [0.5, 0.6) is 0 Å². The van der Waals surface area contributed by atoms with Crippen molar-refractivity contribution in [2.24, 2.45) is 0 Å². The zero-order chi connectivity index (χ0) is 19.6. The lowest BCUT2D eigenvalue weighted by Gasteiger charge is -2.13. The van der Waals surface area contributed by atoms with Gasteiger partial charge in [0.2, 0.25) is 5.95 Å². The van der Waals surface area contributed by atoms with Crippen LogP contribution in [0.25, 0.3) is 33.7 Å². The van der Waals surface area contributed by atoms with E-state index in [1.165, 1.54) is 0 Å². The van der Waals surface area contributed by atoms with Crippen molar-refractivity contribution < 1.29 is 4.42 Å². The first kappa shape index (κ1) is 17.1. The molecule has 2 aromatic carbocycles. The minimum Gasteiger partial charge on any atom is -0.454 e. The third-order valence-corrected chi connectivity index (χ3v) is 4.84. The molecule has 0 fully saturated rings. The molecule has 140 valence electrons. The fourth-order valence-electron chi connectivity index (χ4n) is 3.51. The van der Waals surface area contributed by atoms with Gasteiger partial charge in [0.25, 0.3) is 0 Å². The van der Waals surface area contributed by atoms with Gasteiger partial charge >= 0.3 is 0 Å². The molecule has 5 nitrogen and oxygen atoms in total. The summed E-state index contributed by atoms with van der Waals surface area (Å²) in [6.45, 7) is 0. The molecule has 3 heterocycles. The van der Waals surface area contributed by atoms with Crippen molar-refractivity contribution in [1.82, 2.24) is 15.0 Å². The van der Waals surface area contributed by atoms with Gasteiger partial charge in [-0.2, -0.15) is 0 Å². The zero-order valence-corrected chi connectivity index (χ0v) is 15.6. The quantitative estimate of drug-likeness (QED) is 0.469. The molecule has 0 aliphatic heterocycles. The summed E-state index contributed by atoms with van der Waals surface area (Å²) in [6.07, 6.45) is 4.18. The number of nitrogen functional groups attached to an aromatic ring is 1. The van der Waals surface area contributed by atoms with Gasteiger partial charge in [-0.05, 0) is 29.8 Å². The first-order valence-electron chi connectivity index (χ1n) is 9.37. The van der Waals surface area contributed by atoms with Crippen molar-refractivity contribution in [3.8, 4) is 22.7 Å². The molecule has 0 saturated carbocycles. The van der Waals surface area contributed by atoms with Crippen LogP contribution in [-0.2, 0) is 6.42 Å². The van der Waals surface area contributed by atoms with E-state index in [9.17, 15) is 0 Å². The number of fused-ring (bicyclic) bond motifs is 1. The summed E-state index contributed by atoms with van der Waals surface area (Å²) in [4.78, 5) is 13.4. The maximum atomic E-state index is 6.12. The fourth-order valence-corrected chi connectivity index (χ4v) is 3.51. The lowest BCUT2D eigenvalue weighted by molar-refractivity contribution is 0.627. The summed E-state index contributed by atoms with van der Waals surface area (Å²) in [5.41, 5.74) is 11.4. The van der Waals surface area contributed by atoms with Crippen LogP contribution in [0, 0.1) is 0 Å². The second-order valence-electron chi connectivity index (χ2n) is 6.81. The molecule has 5 rings (SSSR count). The second kappa shape index (κ2) is 7.20. The van der Waals surface area contributed by atoms with Crippen LogP contribution >= 0.6 is 0 Å². The molecule has 0 saturated heterocycles. The van der Waals surface area contributed by atoms with Crippen LogP contribution in [0.2, 0.25) is 0 Å². The van der Waals surface area contributed by atoms with Crippen LogP contribution in [0.15, 0.2) is 89.6 Å². The molecule has 5 aromatic rings. The molecular formula is C24H18N4O. The highest BCUT2D eigenvalue weighted by molar-refractivity contribution is 5.84. The molecule has 0 unspecified atom stereocenters. The van der Waals surface area contributed by atoms with Crippen LogP contribution < -0.4 is 5.73 Å². The maximum Gasteiger partial charge on any atom is 0.221 e. The van der Waals surface area contributed by atoms with E-state index in [0.29, 0.717) is 17.9 Å². The molecule has 0 atom stereocenters. The van der Waals surface area contributed by atoms with E-state index in [0.717, 1.165) is 33.4 Å².